The van der Waals surface area contributed by atoms with Gasteiger partial charge in [-0.2, -0.15) is 0 Å². The summed E-state index contributed by atoms with van der Waals surface area (Å²) in [6.45, 7) is 0. The number of carbonyl (C=O) groups excluding carboxylic acids is 1. The number of nitrogens with zero attached hydrogens (tertiary/aromatic N) is 2. The lowest BCUT2D eigenvalue weighted by Crippen LogP contribution is -2.10. The Labute approximate surface area is 133 Å². The van der Waals surface area contributed by atoms with E-state index in [1.165, 1.54) is 6.21 Å². The van der Waals surface area contributed by atoms with Crippen LogP contribution >= 0.6 is 46.1 Å². The fourth-order valence-corrected chi connectivity index (χ4v) is 2.51. The van der Waals surface area contributed by atoms with Gasteiger partial charge in [-0.15, -0.1) is 0 Å². The highest BCUT2D eigenvalue weighted by atomic mass is 35.5. The van der Waals surface area contributed by atoms with Crippen molar-refractivity contribution in [2.75, 3.05) is 5.32 Å². The van der Waals surface area contributed by atoms with Gasteiger partial charge in [0.25, 0.3) is 0 Å². The first kappa shape index (κ1) is 15.1. The van der Waals surface area contributed by atoms with Gasteiger partial charge in [0.15, 0.2) is 9.62 Å². The number of anilines is 1. The number of thiazole rings is 1. The van der Waals surface area contributed by atoms with Crippen molar-refractivity contribution in [3.05, 3.63) is 43.8 Å². The van der Waals surface area contributed by atoms with Crippen LogP contribution in [0.4, 0.5) is 10.5 Å². The highest BCUT2D eigenvalue weighted by Crippen LogP contribution is 2.24. The lowest BCUT2D eigenvalue weighted by molar-refractivity contribution is 0.167. The summed E-state index contributed by atoms with van der Waals surface area (Å²) in [5, 5.41) is 6.73. The Hall–Kier alpha value is -1.34. The van der Waals surface area contributed by atoms with Crippen LogP contribution in [0.25, 0.3) is 0 Å². The quantitative estimate of drug-likeness (QED) is 0.496. The Morgan fingerprint density at radius 3 is 2.60 bits per heavy atom. The predicted molar refractivity (Wildman–Crippen MR) is 81.3 cm³/mol. The van der Waals surface area contributed by atoms with Crippen LogP contribution < -0.4 is 5.32 Å². The van der Waals surface area contributed by atoms with E-state index >= 15 is 0 Å². The smallest absolute Gasteiger partial charge is 0.298 e. The summed E-state index contributed by atoms with van der Waals surface area (Å²) >= 11 is 18.3. The summed E-state index contributed by atoms with van der Waals surface area (Å²) in [5.41, 5.74) is 0.536. The summed E-state index contributed by atoms with van der Waals surface area (Å²) in [4.78, 5) is 20.3. The summed E-state index contributed by atoms with van der Waals surface area (Å²) in [6.07, 6.45) is 0.517. The second-order valence-electron chi connectivity index (χ2n) is 3.37. The number of oxime groups is 1. The molecule has 0 saturated heterocycles. The van der Waals surface area contributed by atoms with E-state index in [-0.39, 0.29) is 9.62 Å². The minimum atomic E-state index is -0.740. The maximum atomic E-state index is 11.4. The van der Waals surface area contributed by atoms with E-state index in [0.29, 0.717) is 15.6 Å². The van der Waals surface area contributed by atoms with Gasteiger partial charge in [0.1, 0.15) is 0 Å². The molecule has 1 aromatic heterocycles. The number of nitrogens with one attached hydrogen (secondary N) is 1. The van der Waals surface area contributed by atoms with Gasteiger partial charge >= 0.3 is 6.09 Å². The number of amides is 1. The van der Waals surface area contributed by atoms with Crippen molar-refractivity contribution in [3.8, 4) is 0 Å². The van der Waals surface area contributed by atoms with Crippen LogP contribution in [0.3, 0.4) is 0 Å². The average molecular weight is 351 g/mol. The van der Waals surface area contributed by atoms with Crippen LogP contribution in [-0.4, -0.2) is 17.3 Å². The maximum absolute atomic E-state index is 11.4. The molecule has 104 valence electrons. The second-order valence-corrected chi connectivity index (χ2v) is 5.77. The van der Waals surface area contributed by atoms with Crippen molar-refractivity contribution in [3.63, 3.8) is 0 Å². The van der Waals surface area contributed by atoms with E-state index in [9.17, 15) is 4.79 Å². The molecule has 2 rings (SSSR count). The topological polar surface area (TPSA) is 63.6 Å². The fourth-order valence-electron chi connectivity index (χ4n) is 1.16. The summed E-state index contributed by atoms with van der Waals surface area (Å²) in [6, 6.07) is 6.54. The third-order valence-corrected chi connectivity index (χ3v) is 3.73. The second kappa shape index (κ2) is 6.90. The molecule has 20 heavy (non-hydrogen) atoms. The Bertz CT molecular complexity index is 643. The van der Waals surface area contributed by atoms with Crippen molar-refractivity contribution in [1.82, 2.24) is 4.98 Å². The van der Waals surface area contributed by atoms with Gasteiger partial charge in [0, 0.05) is 10.7 Å². The molecule has 0 spiro atoms. The van der Waals surface area contributed by atoms with E-state index in [2.05, 4.69) is 20.3 Å². The molecule has 0 unspecified atom stereocenters. The standard InChI is InChI=1S/C11H6Cl3N3O2S/c12-6-1-3-7(4-2-6)16-11(18)19-15-5-8-9(13)17-10(14)20-8/h1-5H,(H,16,18). The van der Waals surface area contributed by atoms with Crippen molar-refractivity contribution < 1.29 is 9.63 Å². The number of carbonyl (C=O) groups is 1. The molecule has 0 saturated carbocycles. The molecule has 0 bridgehead atoms. The average Bonchev–Trinajstić information content (AvgIpc) is 2.71. The fraction of sp³-hybridized carbons (Fsp3) is 0. The molecule has 0 radical (unpaired) electrons. The highest BCUT2D eigenvalue weighted by molar-refractivity contribution is 7.17. The zero-order valence-electron chi connectivity index (χ0n) is 9.64. The van der Waals surface area contributed by atoms with Gasteiger partial charge in [-0.05, 0) is 24.3 Å². The van der Waals surface area contributed by atoms with Gasteiger partial charge in [-0.3, -0.25) is 10.2 Å². The molecule has 1 aromatic carbocycles. The maximum Gasteiger partial charge on any atom is 0.437 e. The molecule has 0 fully saturated rings. The number of benzene rings is 1. The van der Waals surface area contributed by atoms with E-state index in [0.717, 1.165) is 11.3 Å². The Balaban J connectivity index is 1.89. The van der Waals surface area contributed by atoms with E-state index in [4.69, 9.17) is 34.8 Å². The van der Waals surface area contributed by atoms with Crippen molar-refractivity contribution in [1.29, 1.82) is 0 Å². The van der Waals surface area contributed by atoms with Gasteiger partial charge in [0.05, 0.1) is 11.1 Å². The van der Waals surface area contributed by atoms with Crippen molar-refractivity contribution in [2.24, 2.45) is 5.16 Å². The third-order valence-electron chi connectivity index (χ3n) is 1.98. The van der Waals surface area contributed by atoms with Crippen LogP contribution in [0.5, 0.6) is 0 Å². The molecule has 0 aliphatic carbocycles. The first-order chi connectivity index (χ1) is 9.54. The van der Waals surface area contributed by atoms with Crippen LogP contribution in [0.1, 0.15) is 4.88 Å². The SMILES string of the molecule is O=C(Nc1ccc(Cl)cc1)ON=Cc1sc(Cl)nc1Cl. The number of hydrogen-bond acceptors (Lipinski definition) is 5. The Morgan fingerprint density at radius 1 is 1.30 bits per heavy atom. The van der Waals surface area contributed by atoms with Crippen LogP contribution in [0, 0.1) is 0 Å². The van der Waals surface area contributed by atoms with E-state index in [1.54, 1.807) is 24.3 Å². The minimum absolute atomic E-state index is 0.199. The van der Waals surface area contributed by atoms with Gasteiger partial charge in [-0.25, -0.2) is 9.78 Å². The number of aromatic nitrogens is 1. The third kappa shape index (κ3) is 4.35. The Kier molecular flexibility index (Phi) is 5.19. The number of rotatable bonds is 3. The van der Waals surface area contributed by atoms with Gasteiger partial charge < -0.3 is 0 Å². The normalized spacial score (nSPS) is 10.8. The van der Waals surface area contributed by atoms with Crippen LogP contribution in [0.15, 0.2) is 29.4 Å². The summed E-state index contributed by atoms with van der Waals surface area (Å²) in [7, 11) is 0. The molecule has 1 amide bonds. The summed E-state index contributed by atoms with van der Waals surface area (Å²) in [5.74, 6) is 0. The van der Waals surface area contributed by atoms with Crippen LogP contribution in [-0.2, 0) is 4.84 Å². The monoisotopic (exact) mass is 349 g/mol. The van der Waals surface area contributed by atoms with E-state index < -0.39 is 6.09 Å². The largest absolute Gasteiger partial charge is 0.437 e. The van der Waals surface area contributed by atoms with Gasteiger partial charge in [0.2, 0.25) is 0 Å². The molecule has 1 N–H and O–H groups in total. The first-order valence-corrected chi connectivity index (χ1v) is 7.08. The molecule has 0 aliphatic heterocycles. The van der Waals surface area contributed by atoms with E-state index in [1.807, 2.05) is 0 Å². The number of hydrogen-bond donors (Lipinski definition) is 1. The van der Waals surface area contributed by atoms with Crippen LogP contribution in [0.2, 0.25) is 14.6 Å². The Morgan fingerprint density at radius 2 is 2.00 bits per heavy atom. The zero-order valence-corrected chi connectivity index (χ0v) is 12.7. The van der Waals surface area contributed by atoms with Gasteiger partial charge in [-0.1, -0.05) is 51.3 Å². The molecule has 1 heterocycles. The zero-order chi connectivity index (χ0) is 14.5. The lowest BCUT2D eigenvalue weighted by atomic mass is 10.3. The molecule has 5 nitrogen and oxygen atoms in total. The molecular weight excluding hydrogens is 345 g/mol. The molecule has 0 aliphatic rings. The molecule has 0 atom stereocenters. The lowest BCUT2D eigenvalue weighted by Gasteiger charge is -2.01. The number of halogens is 3. The molecular formula is C11H6Cl3N3O2S. The first-order valence-electron chi connectivity index (χ1n) is 5.13. The molecule has 2 aromatic rings. The van der Waals surface area contributed by atoms with Crippen molar-refractivity contribution >= 4 is 64.1 Å². The highest BCUT2D eigenvalue weighted by Gasteiger charge is 2.06. The minimum Gasteiger partial charge on any atom is -0.298 e. The molecule has 9 heteroatoms. The summed E-state index contributed by atoms with van der Waals surface area (Å²) < 4.78 is 0.280. The predicted octanol–water partition coefficient (Wildman–Crippen LogP) is 4.69. The van der Waals surface area contributed by atoms with Crippen molar-refractivity contribution in [2.45, 2.75) is 0 Å².